The summed E-state index contributed by atoms with van der Waals surface area (Å²) in [6.45, 7) is 0.371. The summed E-state index contributed by atoms with van der Waals surface area (Å²) in [5, 5.41) is 10.4. The first-order valence-electron chi connectivity index (χ1n) is 3.81. The van der Waals surface area contributed by atoms with Gasteiger partial charge in [-0.25, -0.2) is 4.98 Å². The molecule has 0 saturated heterocycles. The van der Waals surface area contributed by atoms with Gasteiger partial charge < -0.3 is 5.73 Å². The van der Waals surface area contributed by atoms with Crippen LogP contribution in [0, 0.1) is 10.1 Å². The standard InChI is InChI=1S/C8H8ClN3O2/c9-8-7(12(13)14)4-6(5-11-8)2-1-3-10/h1-2,4-5H,3,10H2. The molecule has 1 aromatic rings. The lowest BCUT2D eigenvalue weighted by molar-refractivity contribution is -0.385. The molecule has 0 aliphatic heterocycles. The highest BCUT2D eigenvalue weighted by Crippen LogP contribution is 2.22. The number of nitro groups is 1. The van der Waals surface area contributed by atoms with Crippen molar-refractivity contribution in [3.63, 3.8) is 0 Å². The summed E-state index contributed by atoms with van der Waals surface area (Å²) in [6, 6.07) is 1.35. The lowest BCUT2D eigenvalue weighted by atomic mass is 10.2. The molecule has 0 radical (unpaired) electrons. The maximum Gasteiger partial charge on any atom is 0.307 e. The van der Waals surface area contributed by atoms with Gasteiger partial charge >= 0.3 is 5.69 Å². The third-order valence-electron chi connectivity index (χ3n) is 1.48. The average Bonchev–Trinajstić information content (AvgIpc) is 2.16. The first-order valence-corrected chi connectivity index (χ1v) is 4.19. The van der Waals surface area contributed by atoms with Gasteiger partial charge in [-0.3, -0.25) is 10.1 Å². The molecule has 14 heavy (non-hydrogen) atoms. The molecule has 0 bridgehead atoms. The Hall–Kier alpha value is -1.46. The highest BCUT2D eigenvalue weighted by Gasteiger charge is 2.12. The Labute approximate surface area is 85.4 Å². The third-order valence-corrected chi connectivity index (χ3v) is 1.78. The van der Waals surface area contributed by atoms with Crippen molar-refractivity contribution in [3.05, 3.63) is 39.2 Å². The molecule has 0 spiro atoms. The second kappa shape index (κ2) is 4.69. The van der Waals surface area contributed by atoms with E-state index in [2.05, 4.69) is 4.98 Å². The van der Waals surface area contributed by atoms with E-state index in [1.54, 1.807) is 12.2 Å². The van der Waals surface area contributed by atoms with Crippen molar-refractivity contribution in [2.24, 2.45) is 5.73 Å². The number of pyridine rings is 1. The SMILES string of the molecule is NCC=Cc1cnc(Cl)c([N+](=O)[O-])c1. The van der Waals surface area contributed by atoms with Crippen molar-refractivity contribution in [3.8, 4) is 0 Å². The molecule has 1 heterocycles. The Morgan fingerprint density at radius 3 is 3.00 bits per heavy atom. The smallest absolute Gasteiger partial charge is 0.307 e. The van der Waals surface area contributed by atoms with Crippen LogP contribution in [-0.2, 0) is 0 Å². The zero-order valence-electron chi connectivity index (χ0n) is 7.18. The average molecular weight is 214 g/mol. The minimum atomic E-state index is -0.574. The molecule has 6 heteroatoms. The quantitative estimate of drug-likeness (QED) is 0.470. The Morgan fingerprint density at radius 1 is 1.71 bits per heavy atom. The topological polar surface area (TPSA) is 82.0 Å². The largest absolute Gasteiger partial charge is 0.327 e. The van der Waals surface area contributed by atoms with Crippen LogP contribution in [0.2, 0.25) is 5.15 Å². The Bertz CT molecular complexity index is 379. The summed E-state index contributed by atoms with van der Waals surface area (Å²) in [7, 11) is 0. The van der Waals surface area contributed by atoms with E-state index in [-0.39, 0.29) is 10.8 Å². The van der Waals surface area contributed by atoms with Crippen LogP contribution in [-0.4, -0.2) is 16.5 Å². The highest BCUT2D eigenvalue weighted by atomic mass is 35.5. The molecule has 0 saturated carbocycles. The van der Waals surface area contributed by atoms with Crippen molar-refractivity contribution >= 4 is 23.4 Å². The maximum absolute atomic E-state index is 10.5. The van der Waals surface area contributed by atoms with E-state index in [1.807, 2.05) is 0 Å². The van der Waals surface area contributed by atoms with Gasteiger partial charge in [0.1, 0.15) is 0 Å². The lowest BCUT2D eigenvalue weighted by Crippen LogP contribution is -1.94. The predicted molar refractivity (Wildman–Crippen MR) is 54.0 cm³/mol. The molecule has 2 N–H and O–H groups in total. The van der Waals surface area contributed by atoms with Crippen LogP contribution in [0.5, 0.6) is 0 Å². The number of rotatable bonds is 3. The van der Waals surface area contributed by atoms with E-state index in [0.717, 1.165) is 0 Å². The molecule has 0 aliphatic carbocycles. The summed E-state index contributed by atoms with van der Waals surface area (Å²) >= 11 is 5.52. The van der Waals surface area contributed by atoms with E-state index < -0.39 is 4.92 Å². The first-order chi connectivity index (χ1) is 6.65. The highest BCUT2D eigenvalue weighted by molar-refractivity contribution is 6.31. The van der Waals surface area contributed by atoms with Gasteiger partial charge in [0.05, 0.1) is 4.92 Å². The van der Waals surface area contributed by atoms with Crippen LogP contribution in [0.4, 0.5) is 5.69 Å². The molecule has 1 aromatic heterocycles. The minimum Gasteiger partial charge on any atom is -0.327 e. The van der Waals surface area contributed by atoms with Crippen molar-refractivity contribution in [2.75, 3.05) is 6.54 Å². The minimum absolute atomic E-state index is 0.111. The molecule has 74 valence electrons. The fraction of sp³-hybridized carbons (Fsp3) is 0.125. The summed E-state index contributed by atoms with van der Waals surface area (Å²) in [5.41, 5.74) is 5.64. The first kappa shape index (κ1) is 10.6. The predicted octanol–water partition coefficient (Wildman–Crippen LogP) is 1.62. The van der Waals surface area contributed by atoms with Crippen LogP contribution >= 0.6 is 11.6 Å². The molecule has 0 amide bonds. The maximum atomic E-state index is 10.5. The number of hydrogen-bond donors (Lipinski definition) is 1. The summed E-state index contributed by atoms with van der Waals surface area (Å²) in [6.07, 6.45) is 4.77. The van der Waals surface area contributed by atoms with E-state index in [9.17, 15) is 10.1 Å². The Balaban J connectivity index is 3.06. The van der Waals surface area contributed by atoms with E-state index in [1.165, 1.54) is 12.3 Å². The van der Waals surface area contributed by atoms with Crippen molar-refractivity contribution in [1.82, 2.24) is 4.98 Å². The molecule has 5 nitrogen and oxygen atoms in total. The van der Waals surface area contributed by atoms with Gasteiger partial charge in [0.25, 0.3) is 0 Å². The van der Waals surface area contributed by atoms with E-state index in [0.29, 0.717) is 12.1 Å². The second-order valence-corrected chi connectivity index (χ2v) is 2.83. The normalized spacial score (nSPS) is 10.7. The van der Waals surface area contributed by atoms with Gasteiger partial charge in [-0.1, -0.05) is 23.8 Å². The molecule has 0 atom stereocenters. The number of aromatic nitrogens is 1. The molecular formula is C8H8ClN3O2. The Morgan fingerprint density at radius 2 is 2.43 bits per heavy atom. The zero-order chi connectivity index (χ0) is 10.6. The van der Waals surface area contributed by atoms with E-state index in [4.69, 9.17) is 17.3 Å². The summed E-state index contributed by atoms with van der Waals surface area (Å²) in [4.78, 5) is 13.6. The van der Waals surface area contributed by atoms with Crippen LogP contribution in [0.3, 0.4) is 0 Å². The number of nitrogens with two attached hydrogens (primary N) is 1. The number of hydrogen-bond acceptors (Lipinski definition) is 4. The van der Waals surface area contributed by atoms with Gasteiger partial charge in [-0.2, -0.15) is 0 Å². The second-order valence-electron chi connectivity index (χ2n) is 2.47. The molecule has 0 fully saturated rings. The molecule has 0 unspecified atom stereocenters. The van der Waals surface area contributed by atoms with Gasteiger partial charge in [0.2, 0.25) is 5.15 Å². The van der Waals surface area contributed by atoms with Gasteiger partial charge in [0.15, 0.2) is 0 Å². The van der Waals surface area contributed by atoms with Crippen molar-refractivity contribution in [2.45, 2.75) is 0 Å². The van der Waals surface area contributed by atoms with Crippen LogP contribution in [0.15, 0.2) is 18.3 Å². The number of halogens is 1. The van der Waals surface area contributed by atoms with Crippen molar-refractivity contribution in [1.29, 1.82) is 0 Å². The monoisotopic (exact) mass is 213 g/mol. The fourth-order valence-electron chi connectivity index (χ4n) is 0.875. The van der Waals surface area contributed by atoms with E-state index >= 15 is 0 Å². The fourth-order valence-corrected chi connectivity index (χ4v) is 1.05. The lowest BCUT2D eigenvalue weighted by Gasteiger charge is -1.95. The van der Waals surface area contributed by atoms with Crippen LogP contribution in [0.25, 0.3) is 6.08 Å². The Kier molecular flexibility index (Phi) is 3.55. The number of nitrogens with zero attached hydrogens (tertiary/aromatic N) is 2. The summed E-state index contributed by atoms with van der Waals surface area (Å²) < 4.78 is 0. The van der Waals surface area contributed by atoms with Gasteiger partial charge in [-0.15, -0.1) is 0 Å². The molecule has 1 rings (SSSR count). The van der Waals surface area contributed by atoms with Gasteiger partial charge in [-0.05, 0) is 5.56 Å². The van der Waals surface area contributed by atoms with Gasteiger partial charge in [0, 0.05) is 18.8 Å². The third kappa shape index (κ3) is 2.51. The zero-order valence-corrected chi connectivity index (χ0v) is 7.94. The summed E-state index contributed by atoms with van der Waals surface area (Å²) in [5.74, 6) is 0. The molecular weight excluding hydrogens is 206 g/mol. The molecule has 0 aromatic carbocycles. The van der Waals surface area contributed by atoms with Crippen molar-refractivity contribution < 1.29 is 4.92 Å². The van der Waals surface area contributed by atoms with Crippen LogP contribution in [0.1, 0.15) is 5.56 Å². The van der Waals surface area contributed by atoms with Crippen LogP contribution < -0.4 is 5.73 Å². The molecule has 0 aliphatic rings.